The van der Waals surface area contributed by atoms with Crippen molar-refractivity contribution in [1.82, 2.24) is 10.1 Å². The highest BCUT2D eigenvalue weighted by molar-refractivity contribution is 7.13. The zero-order chi connectivity index (χ0) is 14.8. The van der Waals surface area contributed by atoms with Crippen LogP contribution in [0.3, 0.4) is 0 Å². The molecule has 0 aliphatic heterocycles. The van der Waals surface area contributed by atoms with Gasteiger partial charge in [-0.1, -0.05) is 17.3 Å². The van der Waals surface area contributed by atoms with Gasteiger partial charge < -0.3 is 9.84 Å². The predicted octanol–water partition coefficient (Wildman–Crippen LogP) is 3.73. The average Bonchev–Trinajstić information content (AvgIpc) is 3.10. The summed E-state index contributed by atoms with van der Waals surface area (Å²) in [4.78, 5) is 16.6. The van der Waals surface area contributed by atoms with Gasteiger partial charge in [0.2, 0.25) is 11.7 Å². The number of nitrogens with zero attached hydrogens (tertiary/aromatic N) is 2. The average molecular weight is 299 g/mol. The Kier molecular flexibility index (Phi) is 3.53. The molecule has 3 aromatic rings. The molecule has 0 radical (unpaired) electrons. The van der Waals surface area contributed by atoms with E-state index in [-0.39, 0.29) is 5.91 Å². The van der Waals surface area contributed by atoms with Crippen LogP contribution in [0.25, 0.3) is 22.2 Å². The smallest absolute Gasteiger partial charge is 0.258 e. The van der Waals surface area contributed by atoms with Crippen molar-refractivity contribution in [3.63, 3.8) is 0 Å². The molecule has 0 aliphatic rings. The zero-order valence-corrected chi connectivity index (χ0v) is 12.4. The fourth-order valence-corrected chi connectivity index (χ4v) is 2.58. The van der Waals surface area contributed by atoms with Gasteiger partial charge in [0.05, 0.1) is 4.88 Å². The molecule has 106 valence electrons. The first-order valence-corrected chi connectivity index (χ1v) is 7.27. The van der Waals surface area contributed by atoms with Crippen LogP contribution in [-0.2, 0) is 4.79 Å². The van der Waals surface area contributed by atoms with Gasteiger partial charge >= 0.3 is 0 Å². The van der Waals surface area contributed by atoms with E-state index in [0.29, 0.717) is 11.7 Å². The van der Waals surface area contributed by atoms with Crippen LogP contribution in [0.4, 0.5) is 5.69 Å². The van der Waals surface area contributed by atoms with Crippen molar-refractivity contribution < 1.29 is 9.32 Å². The predicted molar refractivity (Wildman–Crippen MR) is 82.1 cm³/mol. The van der Waals surface area contributed by atoms with Gasteiger partial charge in [0.15, 0.2) is 0 Å². The molecule has 2 aromatic heterocycles. The van der Waals surface area contributed by atoms with E-state index in [0.717, 1.165) is 21.7 Å². The molecule has 3 rings (SSSR count). The Morgan fingerprint density at radius 1 is 1.33 bits per heavy atom. The number of aryl methyl sites for hydroxylation is 1. The van der Waals surface area contributed by atoms with E-state index in [9.17, 15) is 4.79 Å². The van der Waals surface area contributed by atoms with Gasteiger partial charge in [-0.25, -0.2) is 0 Å². The highest BCUT2D eigenvalue weighted by Crippen LogP contribution is 2.27. The molecule has 5 nitrogen and oxygen atoms in total. The quantitative estimate of drug-likeness (QED) is 0.800. The van der Waals surface area contributed by atoms with E-state index >= 15 is 0 Å². The van der Waals surface area contributed by atoms with E-state index < -0.39 is 0 Å². The normalized spacial score (nSPS) is 10.6. The van der Waals surface area contributed by atoms with Gasteiger partial charge in [-0.05, 0) is 36.1 Å². The van der Waals surface area contributed by atoms with Crippen LogP contribution >= 0.6 is 11.3 Å². The van der Waals surface area contributed by atoms with Crippen molar-refractivity contribution >= 4 is 22.9 Å². The number of thiophene rings is 1. The summed E-state index contributed by atoms with van der Waals surface area (Å²) in [5, 5.41) is 8.74. The number of rotatable bonds is 3. The third-order valence-electron chi connectivity index (χ3n) is 2.96. The van der Waals surface area contributed by atoms with Crippen LogP contribution < -0.4 is 5.32 Å². The number of carbonyl (C=O) groups excluding carboxylic acids is 1. The van der Waals surface area contributed by atoms with Crippen LogP contribution in [0.2, 0.25) is 0 Å². The third-order valence-corrected chi connectivity index (χ3v) is 3.83. The molecule has 0 fully saturated rings. The lowest BCUT2D eigenvalue weighted by atomic mass is 10.1. The number of amides is 1. The summed E-state index contributed by atoms with van der Waals surface area (Å²) in [7, 11) is 0. The van der Waals surface area contributed by atoms with E-state index in [1.807, 2.05) is 42.6 Å². The SMILES string of the molecule is CC(=O)Nc1cc(-c2nc(-c3cccs3)no2)ccc1C. The Balaban J connectivity index is 1.95. The number of anilines is 1. The zero-order valence-electron chi connectivity index (χ0n) is 11.6. The lowest BCUT2D eigenvalue weighted by Crippen LogP contribution is -2.07. The lowest BCUT2D eigenvalue weighted by Gasteiger charge is -2.07. The van der Waals surface area contributed by atoms with E-state index in [2.05, 4.69) is 15.5 Å². The summed E-state index contributed by atoms with van der Waals surface area (Å²) in [5.74, 6) is 0.895. The standard InChI is InChI=1S/C15H13N3O2S/c1-9-5-6-11(8-12(9)16-10(2)19)15-17-14(18-20-15)13-4-3-7-21-13/h3-8H,1-2H3,(H,16,19). The third kappa shape index (κ3) is 2.85. The molecule has 1 aromatic carbocycles. The molecule has 6 heteroatoms. The highest BCUT2D eigenvalue weighted by atomic mass is 32.1. The van der Waals surface area contributed by atoms with Crippen LogP contribution in [0.15, 0.2) is 40.2 Å². The molecular weight excluding hydrogens is 286 g/mol. The molecule has 0 bridgehead atoms. The number of aromatic nitrogens is 2. The van der Waals surface area contributed by atoms with E-state index in [1.54, 1.807) is 11.3 Å². The second-order valence-electron chi connectivity index (χ2n) is 4.61. The summed E-state index contributed by atoms with van der Waals surface area (Å²) in [6.45, 7) is 3.41. The molecule has 0 spiro atoms. The minimum atomic E-state index is -0.111. The summed E-state index contributed by atoms with van der Waals surface area (Å²) in [6.07, 6.45) is 0. The van der Waals surface area contributed by atoms with E-state index in [4.69, 9.17) is 4.52 Å². The maximum atomic E-state index is 11.2. The highest BCUT2D eigenvalue weighted by Gasteiger charge is 2.12. The van der Waals surface area contributed by atoms with E-state index in [1.165, 1.54) is 6.92 Å². The summed E-state index contributed by atoms with van der Waals surface area (Å²) < 4.78 is 5.31. The Bertz CT molecular complexity index is 778. The number of hydrogen-bond acceptors (Lipinski definition) is 5. The van der Waals surface area contributed by atoms with Crippen LogP contribution in [-0.4, -0.2) is 16.0 Å². The maximum Gasteiger partial charge on any atom is 0.258 e. The van der Waals surface area contributed by atoms with Crippen molar-refractivity contribution in [2.75, 3.05) is 5.32 Å². The fraction of sp³-hybridized carbons (Fsp3) is 0.133. The minimum Gasteiger partial charge on any atom is -0.334 e. The van der Waals surface area contributed by atoms with Crippen molar-refractivity contribution in [2.45, 2.75) is 13.8 Å². The first kappa shape index (κ1) is 13.5. The van der Waals surface area contributed by atoms with Gasteiger partial charge in [-0.15, -0.1) is 11.3 Å². The van der Waals surface area contributed by atoms with Crippen LogP contribution in [0.5, 0.6) is 0 Å². The molecule has 21 heavy (non-hydrogen) atoms. The van der Waals surface area contributed by atoms with Crippen molar-refractivity contribution in [2.24, 2.45) is 0 Å². The van der Waals surface area contributed by atoms with Crippen molar-refractivity contribution in [3.05, 3.63) is 41.3 Å². The second kappa shape index (κ2) is 5.49. The van der Waals surface area contributed by atoms with Crippen LogP contribution in [0, 0.1) is 6.92 Å². The first-order chi connectivity index (χ1) is 10.1. The molecule has 2 heterocycles. The molecule has 0 saturated carbocycles. The molecule has 0 aliphatic carbocycles. The van der Waals surface area contributed by atoms with Crippen LogP contribution in [0.1, 0.15) is 12.5 Å². The molecule has 0 unspecified atom stereocenters. The van der Waals surface area contributed by atoms with Crippen molar-refractivity contribution in [3.8, 4) is 22.2 Å². The summed E-state index contributed by atoms with van der Waals surface area (Å²) in [5.41, 5.74) is 2.50. The number of carbonyl (C=O) groups is 1. The summed E-state index contributed by atoms with van der Waals surface area (Å²) >= 11 is 1.56. The largest absolute Gasteiger partial charge is 0.334 e. The van der Waals surface area contributed by atoms with Gasteiger partial charge in [0.25, 0.3) is 5.89 Å². The molecule has 1 N–H and O–H groups in total. The molecule has 1 amide bonds. The molecule has 0 saturated heterocycles. The Hall–Kier alpha value is -2.47. The molecule has 0 atom stereocenters. The van der Waals surface area contributed by atoms with Gasteiger partial charge in [-0.2, -0.15) is 4.98 Å². The Morgan fingerprint density at radius 3 is 2.90 bits per heavy atom. The maximum absolute atomic E-state index is 11.2. The number of benzene rings is 1. The monoisotopic (exact) mass is 299 g/mol. The number of hydrogen-bond donors (Lipinski definition) is 1. The summed E-state index contributed by atoms with van der Waals surface area (Å²) in [6, 6.07) is 9.53. The number of nitrogens with one attached hydrogen (secondary N) is 1. The fourth-order valence-electron chi connectivity index (χ4n) is 1.93. The lowest BCUT2D eigenvalue weighted by molar-refractivity contribution is -0.114. The molecular formula is C15H13N3O2S. The minimum absolute atomic E-state index is 0.111. The van der Waals surface area contributed by atoms with Crippen molar-refractivity contribution in [1.29, 1.82) is 0 Å². The van der Waals surface area contributed by atoms with Gasteiger partial charge in [-0.3, -0.25) is 4.79 Å². The Labute approximate surface area is 125 Å². The topological polar surface area (TPSA) is 68.0 Å². The Morgan fingerprint density at radius 2 is 2.19 bits per heavy atom. The first-order valence-electron chi connectivity index (χ1n) is 6.39. The second-order valence-corrected chi connectivity index (χ2v) is 5.56. The van der Waals surface area contributed by atoms with Gasteiger partial charge in [0, 0.05) is 18.2 Å². The van der Waals surface area contributed by atoms with Gasteiger partial charge in [0.1, 0.15) is 0 Å².